The Morgan fingerprint density at radius 3 is 1.65 bits per heavy atom. The van der Waals surface area contributed by atoms with Gasteiger partial charge in [-0.25, -0.2) is 0 Å². The minimum absolute atomic E-state index is 0.0120. The highest BCUT2D eigenvalue weighted by Gasteiger charge is 2.25. The van der Waals surface area contributed by atoms with Crippen LogP contribution < -0.4 is 10.6 Å². The number of hydrogen-bond donors (Lipinski definition) is 2. The fraction of sp³-hybridized carbons (Fsp3) is 0.765. The van der Waals surface area contributed by atoms with Crippen molar-refractivity contribution in [2.24, 2.45) is 0 Å². The largest absolute Gasteiger partial charge is 0.346 e. The molecule has 2 unspecified atom stereocenters. The minimum atomic E-state index is -0.391. The standard InChI is InChI=1S/C17H26N2O4/c20-14(12-6-1-3-10-16(22)18-12)8-5-9-15(21)13-7-2-4-11-17(23)19-13/h12-13H,1-11H2,(H,18,22)(H,19,23). The lowest BCUT2D eigenvalue weighted by Gasteiger charge is -2.16. The van der Waals surface area contributed by atoms with Crippen LogP contribution >= 0.6 is 0 Å². The van der Waals surface area contributed by atoms with Crippen molar-refractivity contribution < 1.29 is 19.2 Å². The summed E-state index contributed by atoms with van der Waals surface area (Å²) >= 11 is 0. The highest BCUT2D eigenvalue weighted by molar-refractivity contribution is 5.91. The van der Waals surface area contributed by atoms with Crippen molar-refractivity contribution in [3.8, 4) is 0 Å². The molecule has 2 heterocycles. The summed E-state index contributed by atoms with van der Waals surface area (Å²) in [4.78, 5) is 47.3. The molecule has 0 aromatic carbocycles. The first-order chi connectivity index (χ1) is 11.1. The van der Waals surface area contributed by atoms with Crippen molar-refractivity contribution in [2.75, 3.05) is 0 Å². The van der Waals surface area contributed by atoms with Crippen molar-refractivity contribution in [1.29, 1.82) is 0 Å². The van der Waals surface area contributed by atoms with Gasteiger partial charge >= 0.3 is 0 Å². The lowest BCUT2D eigenvalue weighted by molar-refractivity contribution is -0.128. The molecule has 128 valence electrons. The molecule has 2 atom stereocenters. The summed E-state index contributed by atoms with van der Waals surface area (Å²) in [6.07, 6.45) is 6.86. The molecule has 2 aliphatic rings. The van der Waals surface area contributed by atoms with Crippen LogP contribution in [0.15, 0.2) is 0 Å². The lowest BCUT2D eigenvalue weighted by atomic mass is 9.98. The topological polar surface area (TPSA) is 92.3 Å². The average molecular weight is 322 g/mol. The van der Waals surface area contributed by atoms with Crippen molar-refractivity contribution in [3.63, 3.8) is 0 Å². The molecule has 2 aliphatic heterocycles. The maximum absolute atomic E-state index is 12.2. The van der Waals surface area contributed by atoms with Gasteiger partial charge in [0, 0.05) is 25.7 Å². The third-order valence-electron chi connectivity index (χ3n) is 4.59. The minimum Gasteiger partial charge on any atom is -0.346 e. The Labute approximate surface area is 136 Å². The first-order valence-electron chi connectivity index (χ1n) is 8.70. The van der Waals surface area contributed by atoms with Crippen LogP contribution in [-0.2, 0) is 19.2 Å². The van der Waals surface area contributed by atoms with Gasteiger partial charge in [-0.2, -0.15) is 0 Å². The van der Waals surface area contributed by atoms with Crippen LogP contribution in [0.5, 0.6) is 0 Å². The number of carbonyl (C=O) groups excluding carboxylic acids is 4. The number of amides is 2. The van der Waals surface area contributed by atoms with E-state index in [0.717, 1.165) is 25.7 Å². The summed E-state index contributed by atoms with van der Waals surface area (Å²) in [7, 11) is 0. The fourth-order valence-corrected chi connectivity index (χ4v) is 3.21. The van der Waals surface area contributed by atoms with E-state index in [-0.39, 0.29) is 23.4 Å². The zero-order chi connectivity index (χ0) is 16.7. The van der Waals surface area contributed by atoms with E-state index < -0.39 is 12.1 Å². The molecule has 0 radical (unpaired) electrons. The highest BCUT2D eigenvalue weighted by Crippen LogP contribution is 2.15. The number of Topliss-reactive ketones (excluding diaryl/α,β-unsaturated/α-hetero) is 2. The van der Waals surface area contributed by atoms with E-state index in [1.165, 1.54) is 0 Å². The molecular formula is C17H26N2O4. The Morgan fingerprint density at radius 1 is 0.783 bits per heavy atom. The molecule has 0 aromatic heterocycles. The Balaban J connectivity index is 1.72. The first-order valence-corrected chi connectivity index (χ1v) is 8.70. The molecule has 0 saturated carbocycles. The molecule has 2 rings (SSSR count). The molecule has 6 nitrogen and oxygen atoms in total. The third kappa shape index (κ3) is 5.77. The van der Waals surface area contributed by atoms with Gasteiger partial charge in [0.05, 0.1) is 12.1 Å². The Kier molecular flexibility index (Phi) is 6.74. The second-order valence-electron chi connectivity index (χ2n) is 6.52. The summed E-state index contributed by atoms with van der Waals surface area (Å²) in [5.41, 5.74) is 0. The molecule has 0 aromatic rings. The van der Waals surface area contributed by atoms with E-state index in [1.54, 1.807) is 0 Å². The number of nitrogens with one attached hydrogen (secondary N) is 2. The van der Waals surface area contributed by atoms with Crippen LogP contribution in [0, 0.1) is 0 Å². The molecule has 0 aliphatic carbocycles. The molecular weight excluding hydrogens is 296 g/mol. The van der Waals surface area contributed by atoms with Crippen LogP contribution in [0.2, 0.25) is 0 Å². The molecule has 2 saturated heterocycles. The zero-order valence-electron chi connectivity index (χ0n) is 13.6. The van der Waals surface area contributed by atoms with Gasteiger partial charge in [0.2, 0.25) is 11.8 Å². The van der Waals surface area contributed by atoms with Gasteiger partial charge in [-0.15, -0.1) is 0 Å². The zero-order valence-corrected chi connectivity index (χ0v) is 13.6. The monoisotopic (exact) mass is 322 g/mol. The lowest BCUT2D eigenvalue weighted by Crippen LogP contribution is -2.40. The average Bonchev–Trinajstić information content (AvgIpc) is 2.87. The van der Waals surface area contributed by atoms with E-state index in [9.17, 15) is 19.2 Å². The summed E-state index contributed by atoms with van der Waals surface area (Å²) in [5, 5.41) is 5.53. The Hall–Kier alpha value is -1.72. The number of ketones is 2. The summed E-state index contributed by atoms with van der Waals surface area (Å²) in [5.74, 6) is -0.0907. The summed E-state index contributed by atoms with van der Waals surface area (Å²) in [6, 6.07) is -0.782. The third-order valence-corrected chi connectivity index (χ3v) is 4.59. The van der Waals surface area contributed by atoms with Gasteiger partial charge in [0.15, 0.2) is 11.6 Å². The van der Waals surface area contributed by atoms with Gasteiger partial charge in [0.25, 0.3) is 0 Å². The van der Waals surface area contributed by atoms with Crippen molar-refractivity contribution >= 4 is 23.4 Å². The fourth-order valence-electron chi connectivity index (χ4n) is 3.21. The van der Waals surface area contributed by atoms with Gasteiger partial charge in [-0.1, -0.05) is 12.8 Å². The molecule has 2 fully saturated rings. The number of hydrogen-bond acceptors (Lipinski definition) is 4. The van der Waals surface area contributed by atoms with Crippen LogP contribution in [-0.4, -0.2) is 35.5 Å². The smallest absolute Gasteiger partial charge is 0.220 e. The molecule has 2 N–H and O–H groups in total. The van der Waals surface area contributed by atoms with Gasteiger partial charge < -0.3 is 10.6 Å². The quantitative estimate of drug-likeness (QED) is 0.773. The normalized spacial score (nSPS) is 25.7. The maximum Gasteiger partial charge on any atom is 0.220 e. The molecule has 0 bridgehead atoms. The summed E-state index contributed by atoms with van der Waals surface area (Å²) in [6.45, 7) is 0. The van der Waals surface area contributed by atoms with Crippen molar-refractivity contribution in [2.45, 2.75) is 82.7 Å². The van der Waals surface area contributed by atoms with E-state index >= 15 is 0 Å². The maximum atomic E-state index is 12.2. The number of rotatable bonds is 6. The predicted octanol–water partition coefficient (Wildman–Crippen LogP) is 1.41. The molecule has 0 spiro atoms. The highest BCUT2D eigenvalue weighted by atomic mass is 16.2. The van der Waals surface area contributed by atoms with Crippen molar-refractivity contribution in [3.05, 3.63) is 0 Å². The van der Waals surface area contributed by atoms with Crippen molar-refractivity contribution in [1.82, 2.24) is 10.6 Å². The summed E-state index contributed by atoms with van der Waals surface area (Å²) < 4.78 is 0. The second-order valence-corrected chi connectivity index (χ2v) is 6.52. The SMILES string of the molecule is O=C1CCCCC(C(=O)CCCC(=O)C2CCCCC(=O)N2)N1. The molecule has 2 amide bonds. The van der Waals surface area contributed by atoms with Gasteiger partial charge in [0.1, 0.15) is 0 Å². The van der Waals surface area contributed by atoms with Gasteiger partial charge in [-0.05, 0) is 32.1 Å². The predicted molar refractivity (Wildman–Crippen MR) is 84.7 cm³/mol. The molecule has 23 heavy (non-hydrogen) atoms. The second kappa shape index (κ2) is 8.79. The number of carbonyl (C=O) groups is 4. The Morgan fingerprint density at radius 2 is 1.22 bits per heavy atom. The van der Waals surface area contributed by atoms with E-state index in [0.29, 0.717) is 44.9 Å². The van der Waals surface area contributed by atoms with E-state index in [4.69, 9.17) is 0 Å². The van der Waals surface area contributed by atoms with Crippen LogP contribution in [0.4, 0.5) is 0 Å². The van der Waals surface area contributed by atoms with E-state index in [1.807, 2.05) is 0 Å². The van der Waals surface area contributed by atoms with E-state index in [2.05, 4.69) is 10.6 Å². The van der Waals surface area contributed by atoms with Crippen LogP contribution in [0.3, 0.4) is 0 Å². The van der Waals surface area contributed by atoms with Gasteiger partial charge in [-0.3, -0.25) is 19.2 Å². The Bertz CT molecular complexity index is 433. The molecule has 6 heteroatoms. The first kappa shape index (κ1) is 17.6. The van der Waals surface area contributed by atoms with Crippen LogP contribution in [0.1, 0.15) is 70.6 Å². The van der Waals surface area contributed by atoms with Crippen LogP contribution in [0.25, 0.3) is 0 Å².